The normalized spacial score (nSPS) is 10.8. The van der Waals surface area contributed by atoms with E-state index in [9.17, 15) is 9.59 Å². The number of anilines is 2. The number of halogens is 1. The van der Waals surface area contributed by atoms with Gasteiger partial charge in [0.15, 0.2) is 6.61 Å². The number of nitrogens with one attached hydrogen (secondary N) is 2. The van der Waals surface area contributed by atoms with Gasteiger partial charge in [-0.1, -0.05) is 44.2 Å². The highest BCUT2D eigenvalue weighted by Gasteiger charge is 2.10. The maximum Gasteiger partial charge on any atom is 0.262 e. The first-order chi connectivity index (χ1) is 13.9. The highest BCUT2D eigenvalue weighted by Crippen LogP contribution is 2.33. The van der Waals surface area contributed by atoms with Crippen molar-refractivity contribution in [1.82, 2.24) is 0 Å². The zero-order valence-electron chi connectivity index (χ0n) is 16.4. The Kier molecular flexibility index (Phi) is 6.88. The summed E-state index contributed by atoms with van der Waals surface area (Å²) >= 11 is 3.55. The summed E-state index contributed by atoms with van der Waals surface area (Å²) < 4.78 is 6.50. The number of benzene rings is 3. The van der Waals surface area contributed by atoms with Crippen LogP contribution in [0.2, 0.25) is 0 Å². The molecule has 0 heterocycles. The molecule has 6 heteroatoms. The van der Waals surface area contributed by atoms with Crippen LogP contribution in [0.1, 0.15) is 20.3 Å². The van der Waals surface area contributed by atoms with E-state index in [1.807, 2.05) is 50.2 Å². The first-order valence-corrected chi connectivity index (χ1v) is 10.2. The lowest BCUT2D eigenvalue weighted by Gasteiger charge is -2.11. The van der Waals surface area contributed by atoms with E-state index in [0.29, 0.717) is 29.5 Å². The summed E-state index contributed by atoms with van der Waals surface area (Å²) in [6.07, 6.45) is 0.472. The molecule has 0 aromatic heterocycles. The Balaban J connectivity index is 1.54. The van der Waals surface area contributed by atoms with Crippen molar-refractivity contribution in [2.24, 2.45) is 5.92 Å². The molecule has 0 spiro atoms. The van der Waals surface area contributed by atoms with Gasteiger partial charge >= 0.3 is 0 Å². The van der Waals surface area contributed by atoms with E-state index in [1.165, 1.54) is 0 Å². The lowest BCUT2D eigenvalue weighted by Crippen LogP contribution is -2.20. The van der Waals surface area contributed by atoms with Gasteiger partial charge in [-0.05, 0) is 63.0 Å². The molecule has 0 fully saturated rings. The average Bonchev–Trinajstić information content (AvgIpc) is 2.68. The van der Waals surface area contributed by atoms with Gasteiger partial charge in [-0.2, -0.15) is 0 Å². The van der Waals surface area contributed by atoms with Crippen molar-refractivity contribution in [1.29, 1.82) is 0 Å². The molecule has 0 aliphatic carbocycles. The number of hydrogen-bond acceptors (Lipinski definition) is 3. The summed E-state index contributed by atoms with van der Waals surface area (Å²) in [4.78, 5) is 24.0. The van der Waals surface area contributed by atoms with E-state index in [2.05, 4.69) is 26.6 Å². The van der Waals surface area contributed by atoms with Crippen LogP contribution in [0.25, 0.3) is 10.8 Å². The predicted molar refractivity (Wildman–Crippen MR) is 120 cm³/mol. The second-order valence-corrected chi connectivity index (χ2v) is 7.95. The highest BCUT2D eigenvalue weighted by molar-refractivity contribution is 9.10. The molecule has 150 valence electrons. The van der Waals surface area contributed by atoms with E-state index in [4.69, 9.17) is 4.74 Å². The number of rotatable bonds is 7. The zero-order valence-corrected chi connectivity index (χ0v) is 18.0. The third-order valence-corrected chi connectivity index (χ3v) is 5.05. The van der Waals surface area contributed by atoms with Crippen LogP contribution >= 0.6 is 15.9 Å². The van der Waals surface area contributed by atoms with Crippen LogP contribution < -0.4 is 15.4 Å². The number of fused-ring (bicyclic) bond motifs is 1. The summed E-state index contributed by atoms with van der Waals surface area (Å²) in [6.45, 7) is 3.89. The van der Waals surface area contributed by atoms with Gasteiger partial charge in [-0.25, -0.2) is 0 Å². The molecule has 0 atom stereocenters. The predicted octanol–water partition coefficient (Wildman–Crippen LogP) is 5.60. The minimum Gasteiger partial charge on any atom is -0.483 e. The Morgan fingerprint density at radius 1 is 0.897 bits per heavy atom. The van der Waals surface area contributed by atoms with Crippen LogP contribution in [0, 0.1) is 5.92 Å². The van der Waals surface area contributed by atoms with Crippen molar-refractivity contribution in [3.8, 4) is 5.75 Å². The number of amides is 2. The maximum atomic E-state index is 12.2. The van der Waals surface area contributed by atoms with Crippen molar-refractivity contribution in [3.05, 3.63) is 65.1 Å². The molecule has 0 bridgehead atoms. The van der Waals surface area contributed by atoms with Gasteiger partial charge in [0, 0.05) is 17.8 Å². The monoisotopic (exact) mass is 454 g/mol. The fourth-order valence-electron chi connectivity index (χ4n) is 2.89. The van der Waals surface area contributed by atoms with Crippen LogP contribution in [0.5, 0.6) is 5.75 Å². The van der Waals surface area contributed by atoms with Crippen molar-refractivity contribution < 1.29 is 14.3 Å². The fourth-order valence-corrected chi connectivity index (χ4v) is 3.49. The van der Waals surface area contributed by atoms with Crippen LogP contribution in [0.4, 0.5) is 11.4 Å². The number of carbonyl (C=O) groups excluding carboxylic acids is 2. The first-order valence-electron chi connectivity index (χ1n) is 9.42. The van der Waals surface area contributed by atoms with E-state index < -0.39 is 0 Å². The summed E-state index contributed by atoms with van der Waals surface area (Å²) in [5, 5.41) is 7.75. The molecule has 0 aliphatic rings. The molecule has 2 N–H and O–H groups in total. The Morgan fingerprint density at radius 2 is 1.52 bits per heavy atom. The average molecular weight is 455 g/mol. The summed E-state index contributed by atoms with van der Waals surface area (Å²) in [7, 11) is 0. The van der Waals surface area contributed by atoms with Crippen LogP contribution in [0.3, 0.4) is 0 Å². The Hall–Kier alpha value is -2.86. The van der Waals surface area contributed by atoms with Gasteiger partial charge < -0.3 is 15.4 Å². The Labute approximate surface area is 178 Å². The number of carbonyl (C=O) groups is 2. The largest absolute Gasteiger partial charge is 0.483 e. The van der Waals surface area contributed by atoms with Crippen LogP contribution in [-0.4, -0.2) is 18.4 Å². The third-order valence-electron chi connectivity index (χ3n) is 4.23. The molecule has 3 aromatic carbocycles. The van der Waals surface area contributed by atoms with Crippen molar-refractivity contribution in [2.45, 2.75) is 20.3 Å². The lowest BCUT2D eigenvalue weighted by atomic mass is 10.1. The molecule has 0 radical (unpaired) electrons. The van der Waals surface area contributed by atoms with E-state index in [1.54, 1.807) is 24.3 Å². The second kappa shape index (κ2) is 9.56. The zero-order chi connectivity index (χ0) is 20.8. The molecule has 0 aliphatic heterocycles. The van der Waals surface area contributed by atoms with Crippen LogP contribution in [-0.2, 0) is 9.59 Å². The molecule has 3 aromatic rings. The Bertz CT molecular complexity index is 1020. The minimum absolute atomic E-state index is 0.0221. The summed E-state index contributed by atoms with van der Waals surface area (Å²) in [6, 6.07) is 18.8. The maximum absolute atomic E-state index is 12.2. The number of hydrogen-bond donors (Lipinski definition) is 2. The SMILES string of the molecule is CC(C)CC(=O)Nc1ccc(NC(=O)COc2ccc3ccccc3c2Br)cc1. The van der Waals surface area contributed by atoms with E-state index >= 15 is 0 Å². The van der Waals surface area contributed by atoms with Gasteiger partial charge in [-0.15, -0.1) is 0 Å². The summed E-state index contributed by atoms with van der Waals surface area (Å²) in [5.41, 5.74) is 1.34. The minimum atomic E-state index is -0.262. The molecular weight excluding hydrogens is 432 g/mol. The highest BCUT2D eigenvalue weighted by atomic mass is 79.9. The van der Waals surface area contributed by atoms with Gasteiger partial charge in [0.05, 0.1) is 4.47 Å². The van der Waals surface area contributed by atoms with Crippen molar-refractivity contribution in [3.63, 3.8) is 0 Å². The van der Waals surface area contributed by atoms with E-state index in [0.717, 1.165) is 15.2 Å². The van der Waals surface area contributed by atoms with Crippen molar-refractivity contribution in [2.75, 3.05) is 17.2 Å². The number of ether oxygens (including phenoxy) is 1. The molecule has 2 amide bonds. The molecule has 5 nitrogen and oxygen atoms in total. The molecular formula is C23H23BrN2O3. The first kappa shape index (κ1) is 20.9. The molecule has 0 unspecified atom stereocenters. The third kappa shape index (κ3) is 5.81. The van der Waals surface area contributed by atoms with Gasteiger partial charge in [0.25, 0.3) is 5.91 Å². The Morgan fingerprint density at radius 3 is 2.17 bits per heavy atom. The second-order valence-electron chi connectivity index (χ2n) is 7.16. The van der Waals surface area contributed by atoms with Crippen LogP contribution in [0.15, 0.2) is 65.1 Å². The fraction of sp³-hybridized carbons (Fsp3) is 0.217. The van der Waals surface area contributed by atoms with Gasteiger partial charge in [0.2, 0.25) is 5.91 Å². The lowest BCUT2D eigenvalue weighted by molar-refractivity contribution is -0.118. The topological polar surface area (TPSA) is 67.4 Å². The standard InChI is InChI=1S/C23H23BrN2O3/c1-15(2)13-21(27)25-17-8-10-18(11-9-17)26-22(28)14-29-20-12-7-16-5-3-4-6-19(16)23(20)24/h3-12,15H,13-14H2,1-2H3,(H,25,27)(H,26,28). The summed E-state index contributed by atoms with van der Waals surface area (Å²) in [5.74, 6) is 0.631. The van der Waals surface area contributed by atoms with Gasteiger partial charge in [0.1, 0.15) is 5.75 Å². The van der Waals surface area contributed by atoms with Crippen molar-refractivity contribution >= 4 is 49.9 Å². The molecule has 3 rings (SSSR count). The molecule has 0 saturated carbocycles. The smallest absolute Gasteiger partial charge is 0.262 e. The molecule has 29 heavy (non-hydrogen) atoms. The molecule has 0 saturated heterocycles. The quantitative estimate of drug-likeness (QED) is 0.487. The van der Waals surface area contributed by atoms with E-state index in [-0.39, 0.29) is 18.4 Å². The van der Waals surface area contributed by atoms with Gasteiger partial charge in [-0.3, -0.25) is 9.59 Å².